The molecule has 1 aliphatic rings. The lowest BCUT2D eigenvalue weighted by Gasteiger charge is -2.04. The Morgan fingerprint density at radius 3 is 3.00 bits per heavy atom. The first-order valence-electron chi connectivity index (χ1n) is 6.05. The monoisotopic (exact) mass is 244 g/mol. The molecule has 1 aromatic carbocycles. The van der Waals surface area contributed by atoms with Gasteiger partial charge in [-0.05, 0) is 25.3 Å². The number of hydrogen-bond acceptors (Lipinski definition) is 3. The number of benzene rings is 1. The van der Waals surface area contributed by atoms with Gasteiger partial charge in [-0.25, -0.2) is 4.98 Å². The molecule has 0 aliphatic heterocycles. The topological polar surface area (TPSA) is 38.9 Å². The van der Waals surface area contributed by atoms with Crippen molar-refractivity contribution in [3.8, 4) is 10.6 Å². The molecule has 2 N–H and O–H groups in total. The second-order valence-electron chi connectivity index (χ2n) is 4.61. The summed E-state index contributed by atoms with van der Waals surface area (Å²) in [5.41, 5.74) is 9.61. The highest BCUT2D eigenvalue weighted by atomic mass is 32.1. The van der Waals surface area contributed by atoms with Crippen LogP contribution in [0.15, 0.2) is 24.3 Å². The molecule has 0 radical (unpaired) electrons. The van der Waals surface area contributed by atoms with Crippen molar-refractivity contribution in [3.63, 3.8) is 0 Å². The van der Waals surface area contributed by atoms with Gasteiger partial charge in [0.1, 0.15) is 5.01 Å². The second-order valence-corrected chi connectivity index (χ2v) is 5.70. The van der Waals surface area contributed by atoms with E-state index in [1.807, 2.05) is 11.3 Å². The number of rotatable bonds is 2. The van der Waals surface area contributed by atoms with Crippen LogP contribution in [0.5, 0.6) is 0 Å². The smallest absolute Gasteiger partial charge is 0.124 e. The molecule has 3 rings (SSSR count). The molecular weight excluding hydrogens is 228 g/mol. The van der Waals surface area contributed by atoms with Gasteiger partial charge in [0.25, 0.3) is 0 Å². The van der Waals surface area contributed by atoms with Gasteiger partial charge in [-0.3, -0.25) is 0 Å². The number of nitrogens with zero attached hydrogens (tertiary/aromatic N) is 1. The minimum absolute atomic E-state index is 0.485. The molecule has 3 heteroatoms. The van der Waals surface area contributed by atoms with Gasteiger partial charge in [-0.2, -0.15) is 0 Å². The summed E-state index contributed by atoms with van der Waals surface area (Å²) in [4.78, 5) is 6.26. The third-order valence-electron chi connectivity index (χ3n) is 3.49. The molecule has 0 spiro atoms. The molecular formula is C14H16N2S. The molecule has 2 aromatic rings. The fourth-order valence-corrected chi connectivity index (χ4v) is 3.71. The summed E-state index contributed by atoms with van der Waals surface area (Å²) in [7, 11) is 0. The van der Waals surface area contributed by atoms with Crippen LogP contribution < -0.4 is 5.73 Å². The maximum atomic E-state index is 5.79. The molecule has 88 valence electrons. The Hall–Kier alpha value is -1.19. The highest BCUT2D eigenvalue weighted by molar-refractivity contribution is 7.15. The summed E-state index contributed by atoms with van der Waals surface area (Å²) in [6.45, 7) is 2.87. The fourth-order valence-electron chi connectivity index (χ4n) is 2.46. The number of aromatic nitrogens is 1. The molecule has 1 heterocycles. The van der Waals surface area contributed by atoms with Crippen LogP contribution in [-0.2, 0) is 6.42 Å². The second kappa shape index (κ2) is 4.24. The van der Waals surface area contributed by atoms with Gasteiger partial charge in [0.05, 0.1) is 5.69 Å². The molecule has 1 unspecified atom stereocenters. The van der Waals surface area contributed by atoms with Crippen LogP contribution in [0.4, 0.5) is 0 Å². The van der Waals surface area contributed by atoms with Gasteiger partial charge >= 0.3 is 0 Å². The van der Waals surface area contributed by atoms with Gasteiger partial charge in [0.2, 0.25) is 0 Å². The van der Waals surface area contributed by atoms with E-state index in [-0.39, 0.29) is 0 Å². The molecule has 0 fully saturated rings. The first kappa shape index (κ1) is 10.9. The van der Waals surface area contributed by atoms with Crippen LogP contribution >= 0.6 is 11.3 Å². The zero-order valence-electron chi connectivity index (χ0n) is 9.94. The van der Waals surface area contributed by atoms with E-state index < -0.39 is 0 Å². The van der Waals surface area contributed by atoms with Gasteiger partial charge in [-0.1, -0.05) is 24.3 Å². The van der Waals surface area contributed by atoms with E-state index >= 15 is 0 Å². The van der Waals surface area contributed by atoms with Crippen molar-refractivity contribution in [2.45, 2.75) is 25.7 Å². The van der Waals surface area contributed by atoms with Crippen LogP contribution in [0, 0.1) is 6.92 Å². The van der Waals surface area contributed by atoms with Crippen LogP contribution in [0.3, 0.4) is 0 Å². The minimum Gasteiger partial charge on any atom is -0.330 e. The SMILES string of the molecule is Cc1ccccc1-c1nc2c(s1)CCC2CN. The van der Waals surface area contributed by atoms with E-state index in [2.05, 4.69) is 31.2 Å². The summed E-state index contributed by atoms with van der Waals surface area (Å²) >= 11 is 1.84. The van der Waals surface area contributed by atoms with Gasteiger partial charge < -0.3 is 5.73 Å². The molecule has 2 nitrogen and oxygen atoms in total. The Labute approximate surface area is 106 Å². The maximum Gasteiger partial charge on any atom is 0.124 e. The third kappa shape index (κ3) is 1.79. The highest BCUT2D eigenvalue weighted by Gasteiger charge is 2.26. The summed E-state index contributed by atoms with van der Waals surface area (Å²) in [6.07, 6.45) is 2.33. The van der Waals surface area contributed by atoms with Gasteiger partial charge in [-0.15, -0.1) is 11.3 Å². The van der Waals surface area contributed by atoms with Crippen molar-refractivity contribution in [2.75, 3.05) is 6.54 Å². The van der Waals surface area contributed by atoms with E-state index in [0.29, 0.717) is 5.92 Å². The van der Waals surface area contributed by atoms with E-state index in [1.165, 1.54) is 28.1 Å². The summed E-state index contributed by atoms with van der Waals surface area (Å²) < 4.78 is 0. The molecule has 0 saturated carbocycles. The average Bonchev–Trinajstić information content (AvgIpc) is 2.88. The zero-order chi connectivity index (χ0) is 11.8. The lowest BCUT2D eigenvalue weighted by molar-refractivity contribution is 0.675. The predicted molar refractivity (Wildman–Crippen MR) is 72.4 cm³/mol. The summed E-state index contributed by atoms with van der Waals surface area (Å²) in [6, 6.07) is 8.45. The predicted octanol–water partition coefficient (Wildman–Crippen LogP) is 3.11. The first-order chi connectivity index (χ1) is 8.29. The lowest BCUT2D eigenvalue weighted by atomic mass is 10.1. The van der Waals surface area contributed by atoms with Crippen molar-refractivity contribution < 1.29 is 0 Å². The fraction of sp³-hybridized carbons (Fsp3) is 0.357. The van der Waals surface area contributed by atoms with Crippen molar-refractivity contribution in [2.24, 2.45) is 5.73 Å². The number of fused-ring (bicyclic) bond motifs is 1. The molecule has 17 heavy (non-hydrogen) atoms. The van der Waals surface area contributed by atoms with Crippen LogP contribution in [0.1, 0.15) is 28.5 Å². The number of hydrogen-bond donors (Lipinski definition) is 1. The Morgan fingerprint density at radius 2 is 2.24 bits per heavy atom. The van der Waals surface area contributed by atoms with Crippen molar-refractivity contribution in [3.05, 3.63) is 40.4 Å². The highest BCUT2D eigenvalue weighted by Crippen LogP contribution is 2.39. The quantitative estimate of drug-likeness (QED) is 0.881. The average molecular weight is 244 g/mol. The summed E-state index contributed by atoms with van der Waals surface area (Å²) in [5.74, 6) is 0.485. The van der Waals surface area contributed by atoms with E-state index in [1.54, 1.807) is 0 Å². The zero-order valence-corrected chi connectivity index (χ0v) is 10.8. The summed E-state index contributed by atoms with van der Waals surface area (Å²) in [5, 5.41) is 1.16. The molecule has 1 aliphatic carbocycles. The molecule has 1 atom stereocenters. The minimum atomic E-state index is 0.485. The molecule has 0 amide bonds. The molecule has 0 saturated heterocycles. The Kier molecular flexibility index (Phi) is 2.73. The third-order valence-corrected chi connectivity index (χ3v) is 4.66. The first-order valence-corrected chi connectivity index (χ1v) is 6.87. The molecule has 1 aromatic heterocycles. The van der Waals surface area contributed by atoms with Gasteiger partial charge in [0, 0.05) is 22.9 Å². The van der Waals surface area contributed by atoms with Crippen LogP contribution in [-0.4, -0.2) is 11.5 Å². The lowest BCUT2D eigenvalue weighted by Crippen LogP contribution is -2.09. The van der Waals surface area contributed by atoms with E-state index in [4.69, 9.17) is 10.7 Å². The Morgan fingerprint density at radius 1 is 1.41 bits per heavy atom. The molecule has 0 bridgehead atoms. The van der Waals surface area contributed by atoms with Crippen LogP contribution in [0.2, 0.25) is 0 Å². The Balaban J connectivity index is 2.04. The van der Waals surface area contributed by atoms with Crippen molar-refractivity contribution in [1.82, 2.24) is 4.98 Å². The van der Waals surface area contributed by atoms with Crippen molar-refractivity contribution >= 4 is 11.3 Å². The standard InChI is InChI=1S/C14H16N2S/c1-9-4-2-3-5-11(9)14-16-13-10(8-15)6-7-12(13)17-14/h2-5,10H,6-8,15H2,1H3. The van der Waals surface area contributed by atoms with Gasteiger partial charge in [0.15, 0.2) is 0 Å². The largest absolute Gasteiger partial charge is 0.330 e. The van der Waals surface area contributed by atoms with E-state index in [9.17, 15) is 0 Å². The van der Waals surface area contributed by atoms with Crippen molar-refractivity contribution in [1.29, 1.82) is 0 Å². The number of nitrogens with two attached hydrogens (primary N) is 1. The number of thiazole rings is 1. The van der Waals surface area contributed by atoms with Crippen LogP contribution in [0.25, 0.3) is 10.6 Å². The van der Waals surface area contributed by atoms with E-state index in [0.717, 1.165) is 18.0 Å². The normalized spacial score (nSPS) is 18.4. The Bertz CT molecular complexity index is 545. The number of aryl methyl sites for hydroxylation is 2. The maximum absolute atomic E-state index is 5.79.